The first-order valence-electron chi connectivity index (χ1n) is 11.0. The second-order valence-electron chi connectivity index (χ2n) is 7.52. The first kappa shape index (κ1) is 30.5. The zero-order valence-corrected chi connectivity index (χ0v) is 20.7. The summed E-state index contributed by atoms with van der Waals surface area (Å²) < 4.78 is 83.3. The van der Waals surface area contributed by atoms with Crippen LogP contribution < -0.4 is 10.2 Å². The molecule has 1 fully saturated rings. The number of rotatable bonds is 7. The number of carbonyl (C=O) groups is 1. The first-order chi connectivity index (χ1) is 16.4. The van der Waals surface area contributed by atoms with Gasteiger partial charge in [0.25, 0.3) is 0 Å². The van der Waals surface area contributed by atoms with Crippen molar-refractivity contribution >= 4 is 23.6 Å². The molecule has 13 heteroatoms. The molecule has 0 spiro atoms. The monoisotopic (exact) mass is 527 g/mol. The number of aromatic nitrogens is 2. The minimum atomic E-state index is -4.76. The Balaban J connectivity index is 0.000000350. The summed E-state index contributed by atoms with van der Waals surface area (Å²) >= 11 is 1.26. The number of hydrogen-bond donors (Lipinski definition) is 1. The highest BCUT2D eigenvalue weighted by molar-refractivity contribution is 6.99. The fourth-order valence-electron chi connectivity index (χ4n) is 3.18. The van der Waals surface area contributed by atoms with Crippen LogP contribution in [0.3, 0.4) is 0 Å². The van der Waals surface area contributed by atoms with E-state index in [9.17, 15) is 31.1 Å². The van der Waals surface area contributed by atoms with Gasteiger partial charge in [0.15, 0.2) is 5.82 Å². The maximum absolute atomic E-state index is 12.5. The fraction of sp³-hybridized carbons (Fsp3) is 0.591. The van der Waals surface area contributed by atoms with E-state index >= 15 is 0 Å². The Hall–Kier alpha value is -2.57. The van der Waals surface area contributed by atoms with E-state index in [2.05, 4.69) is 32.5 Å². The number of hydrogen-bond acceptors (Lipinski definition) is 5. The Morgan fingerprint density at radius 2 is 1.80 bits per heavy atom. The lowest BCUT2D eigenvalue weighted by Crippen LogP contribution is -2.51. The molecule has 2 heterocycles. The van der Waals surface area contributed by atoms with E-state index in [4.69, 9.17) is 0 Å². The van der Waals surface area contributed by atoms with Crippen molar-refractivity contribution in [1.82, 2.24) is 19.0 Å². The summed E-state index contributed by atoms with van der Waals surface area (Å²) in [6.07, 6.45) is -5.37. The molecule has 0 saturated carbocycles. The van der Waals surface area contributed by atoms with Gasteiger partial charge in [0.05, 0.1) is 23.3 Å². The molecule has 0 aliphatic carbocycles. The maximum Gasteiger partial charge on any atom is 0.412 e. The number of halogens is 6. The third-order valence-corrected chi connectivity index (χ3v) is 5.70. The van der Waals surface area contributed by atoms with Crippen LogP contribution in [-0.4, -0.2) is 65.3 Å². The average molecular weight is 528 g/mol. The molecule has 0 bridgehead atoms. The summed E-state index contributed by atoms with van der Waals surface area (Å²) in [5, 5.41) is 2.65. The highest BCUT2D eigenvalue weighted by Gasteiger charge is 2.40. The number of aryl methyl sites for hydroxylation is 1. The van der Waals surface area contributed by atoms with Gasteiger partial charge in [0.2, 0.25) is 0 Å². The topological polar surface area (TPSA) is 61.4 Å². The molecular formula is C22H31F6N5OS. The van der Waals surface area contributed by atoms with Crippen LogP contribution in [0.25, 0.3) is 0 Å². The molecule has 1 aromatic heterocycles. The smallest absolute Gasteiger partial charge is 0.351 e. The molecule has 198 valence electrons. The van der Waals surface area contributed by atoms with E-state index in [-0.39, 0.29) is 18.5 Å². The molecule has 1 aliphatic rings. The number of urea groups is 1. The molecule has 1 N–H and O–H groups in total. The van der Waals surface area contributed by atoms with Crippen LogP contribution in [-0.2, 0) is 6.42 Å². The van der Waals surface area contributed by atoms with Gasteiger partial charge in [0, 0.05) is 38.8 Å². The van der Waals surface area contributed by atoms with Crippen molar-refractivity contribution in [2.75, 3.05) is 38.1 Å². The van der Waals surface area contributed by atoms with Crippen LogP contribution in [0, 0.1) is 5.92 Å². The van der Waals surface area contributed by atoms with Crippen LogP contribution in [0.5, 0.6) is 0 Å². The fourth-order valence-corrected chi connectivity index (χ4v) is 3.83. The zero-order valence-electron chi connectivity index (χ0n) is 19.9. The lowest BCUT2D eigenvalue weighted by Gasteiger charge is -2.34. The van der Waals surface area contributed by atoms with Gasteiger partial charge in [0.1, 0.15) is 0 Å². The number of amides is 2. The molecular weight excluding hydrogens is 496 g/mol. The standard InChI is InChI=1S/C12H14F6.C10H17N5OS/c1-3-5-6-7-10(12(16,17)18)8-9(4-2)11(13,14)15;1-3-8-9(13-17-12-8)14-4-6-15(7-5-14)10(16)11-2/h3-5,8-9H,2,6-7H2,1H3;3-7H2,1-2H3,(H,11,16)/b5-3-,10-8+;. The van der Waals surface area contributed by atoms with Crippen LogP contribution in [0.4, 0.5) is 37.0 Å². The third kappa shape index (κ3) is 9.90. The minimum absolute atomic E-state index is 0.00299. The highest BCUT2D eigenvalue weighted by Crippen LogP contribution is 2.35. The number of alkyl halides is 6. The van der Waals surface area contributed by atoms with Crippen molar-refractivity contribution in [3.05, 3.63) is 42.2 Å². The predicted molar refractivity (Wildman–Crippen MR) is 125 cm³/mol. The number of carbonyl (C=O) groups excluding carboxylic acids is 1. The number of nitrogens with one attached hydrogen (secondary N) is 1. The summed E-state index contributed by atoms with van der Waals surface area (Å²) in [5.41, 5.74) is -0.119. The molecule has 1 aliphatic heterocycles. The van der Waals surface area contributed by atoms with E-state index in [0.29, 0.717) is 6.08 Å². The first-order valence-corrected chi connectivity index (χ1v) is 11.7. The van der Waals surface area contributed by atoms with Gasteiger partial charge in [-0.25, -0.2) is 4.79 Å². The Morgan fingerprint density at radius 3 is 2.26 bits per heavy atom. The molecule has 2 amide bonds. The Bertz CT molecular complexity index is 857. The molecule has 0 aromatic carbocycles. The molecule has 2 rings (SSSR count). The van der Waals surface area contributed by atoms with Crippen LogP contribution >= 0.6 is 11.7 Å². The summed E-state index contributed by atoms with van der Waals surface area (Å²) in [5.74, 6) is -1.28. The van der Waals surface area contributed by atoms with Crippen molar-refractivity contribution < 1.29 is 31.1 Å². The number of allylic oxidation sites excluding steroid dienone is 5. The van der Waals surface area contributed by atoms with E-state index < -0.39 is 30.3 Å². The Kier molecular flexibility index (Phi) is 12.3. The Morgan fingerprint density at radius 1 is 1.17 bits per heavy atom. The van der Waals surface area contributed by atoms with Crippen molar-refractivity contribution in [3.8, 4) is 0 Å². The molecule has 35 heavy (non-hydrogen) atoms. The Labute approximate surface area is 205 Å². The van der Waals surface area contributed by atoms with Gasteiger partial charge >= 0.3 is 18.4 Å². The lowest BCUT2D eigenvalue weighted by atomic mass is 10.0. The average Bonchev–Trinajstić information content (AvgIpc) is 3.28. The molecule has 1 atom stereocenters. The second-order valence-corrected chi connectivity index (χ2v) is 8.05. The highest BCUT2D eigenvalue weighted by atomic mass is 32.1. The van der Waals surface area contributed by atoms with Gasteiger partial charge in [-0.15, -0.1) is 6.58 Å². The molecule has 0 radical (unpaired) electrons. The second kappa shape index (κ2) is 14.1. The number of piperazine rings is 1. The van der Waals surface area contributed by atoms with Gasteiger partial charge in [-0.05, 0) is 26.2 Å². The largest absolute Gasteiger partial charge is 0.412 e. The summed E-state index contributed by atoms with van der Waals surface area (Å²) in [4.78, 5) is 15.5. The molecule has 6 nitrogen and oxygen atoms in total. The van der Waals surface area contributed by atoms with Crippen LogP contribution in [0.2, 0.25) is 0 Å². The van der Waals surface area contributed by atoms with Gasteiger partial charge in [-0.1, -0.05) is 31.2 Å². The van der Waals surface area contributed by atoms with E-state index in [0.717, 1.165) is 44.1 Å². The summed E-state index contributed by atoms with van der Waals surface area (Å²) in [7, 11) is 1.66. The number of nitrogens with zero attached hydrogens (tertiary/aromatic N) is 4. The SMILES string of the molecule is C=CC(/C=C(\CC/C=C\C)C(F)(F)F)C(F)(F)F.CCc1nsnc1N1CCN(C(=O)NC)CC1. The minimum Gasteiger partial charge on any atom is -0.351 e. The van der Waals surface area contributed by atoms with Crippen molar-refractivity contribution in [1.29, 1.82) is 0 Å². The lowest BCUT2D eigenvalue weighted by molar-refractivity contribution is -0.150. The van der Waals surface area contributed by atoms with Crippen molar-refractivity contribution in [2.45, 2.75) is 45.5 Å². The number of anilines is 1. The molecule has 1 aromatic rings. The zero-order chi connectivity index (χ0) is 26.6. The summed E-state index contributed by atoms with van der Waals surface area (Å²) in [6.45, 7) is 9.75. The summed E-state index contributed by atoms with van der Waals surface area (Å²) in [6, 6.07) is -0.00299. The van der Waals surface area contributed by atoms with Crippen molar-refractivity contribution in [2.24, 2.45) is 5.92 Å². The molecule has 1 saturated heterocycles. The quantitative estimate of drug-likeness (QED) is 0.362. The van der Waals surface area contributed by atoms with Crippen molar-refractivity contribution in [3.63, 3.8) is 0 Å². The van der Waals surface area contributed by atoms with Gasteiger partial charge in [-0.3, -0.25) is 0 Å². The third-order valence-electron chi connectivity index (χ3n) is 5.14. The van der Waals surface area contributed by atoms with E-state index in [1.54, 1.807) is 20.0 Å². The van der Waals surface area contributed by atoms with Crippen LogP contribution in [0.1, 0.15) is 32.4 Å². The normalized spacial score (nSPS) is 16.1. The van der Waals surface area contributed by atoms with Gasteiger partial charge in [-0.2, -0.15) is 35.1 Å². The molecule has 1 unspecified atom stereocenters. The van der Waals surface area contributed by atoms with E-state index in [1.165, 1.54) is 17.8 Å². The van der Waals surface area contributed by atoms with Gasteiger partial charge < -0.3 is 15.1 Å². The van der Waals surface area contributed by atoms with Crippen LogP contribution in [0.15, 0.2) is 36.5 Å². The maximum atomic E-state index is 12.5. The van der Waals surface area contributed by atoms with E-state index in [1.807, 2.05) is 4.90 Å². The predicted octanol–water partition coefficient (Wildman–Crippen LogP) is 5.76.